The number of pyridine rings is 1. The van der Waals surface area contributed by atoms with Crippen LogP contribution in [0.4, 0.5) is 0 Å². The van der Waals surface area contributed by atoms with Crippen LogP contribution in [0.2, 0.25) is 0 Å². The van der Waals surface area contributed by atoms with Crippen LogP contribution >= 0.6 is 15.9 Å². The number of hydrogen-bond acceptors (Lipinski definition) is 7. The van der Waals surface area contributed by atoms with E-state index in [-0.39, 0.29) is 18.7 Å². The van der Waals surface area contributed by atoms with Crippen molar-refractivity contribution in [2.75, 3.05) is 20.3 Å². The molecule has 33 heavy (non-hydrogen) atoms. The van der Waals surface area contributed by atoms with Crippen LogP contribution in [0.5, 0.6) is 11.5 Å². The Morgan fingerprint density at radius 2 is 2.12 bits per heavy atom. The lowest BCUT2D eigenvalue weighted by Gasteiger charge is -2.15. The summed E-state index contributed by atoms with van der Waals surface area (Å²) in [6.45, 7) is 7.75. The molecule has 0 spiro atoms. The first-order chi connectivity index (χ1) is 15.9. The highest BCUT2D eigenvalue weighted by Crippen LogP contribution is 2.28. The Morgan fingerprint density at radius 3 is 2.76 bits per heavy atom. The summed E-state index contributed by atoms with van der Waals surface area (Å²) in [4.78, 5) is 25.1. The number of nitriles is 1. The Hall–Kier alpha value is -3.42. The Labute approximate surface area is 200 Å². The van der Waals surface area contributed by atoms with Gasteiger partial charge in [0.15, 0.2) is 11.5 Å². The van der Waals surface area contributed by atoms with Gasteiger partial charge in [0.2, 0.25) is 0 Å². The summed E-state index contributed by atoms with van der Waals surface area (Å²) in [5.41, 5.74) is 3.37. The van der Waals surface area contributed by atoms with E-state index in [0.29, 0.717) is 46.0 Å². The number of nitrogens with one attached hydrogen (secondary N) is 1. The smallest absolute Gasteiger partial charge is 0.269 e. The van der Waals surface area contributed by atoms with E-state index < -0.39 is 11.5 Å². The molecule has 174 valence electrons. The number of ether oxygens (including phenoxy) is 3. The molecule has 1 aromatic carbocycles. The van der Waals surface area contributed by atoms with Gasteiger partial charge in [0.1, 0.15) is 24.8 Å². The fraction of sp³-hybridized carbons (Fsp3) is 0.304. The predicted octanol–water partition coefficient (Wildman–Crippen LogP) is 3.05. The Kier molecular flexibility index (Phi) is 9.84. The Balaban J connectivity index is 2.17. The molecule has 1 heterocycles. The topological polar surface area (TPSA) is 115 Å². The van der Waals surface area contributed by atoms with Crippen LogP contribution in [0.3, 0.4) is 0 Å². The second-order valence-corrected chi connectivity index (χ2v) is 7.51. The largest absolute Gasteiger partial charge is 0.490 e. The van der Waals surface area contributed by atoms with Gasteiger partial charge in [-0.1, -0.05) is 12.7 Å². The number of benzene rings is 1. The number of rotatable bonds is 11. The van der Waals surface area contributed by atoms with Crippen molar-refractivity contribution in [1.29, 1.82) is 5.26 Å². The van der Waals surface area contributed by atoms with Crippen LogP contribution < -0.4 is 20.5 Å². The van der Waals surface area contributed by atoms with Gasteiger partial charge in [0.25, 0.3) is 11.5 Å². The Bertz CT molecular complexity index is 1150. The molecule has 10 heteroatoms. The highest BCUT2D eigenvalue weighted by molar-refractivity contribution is 9.10. The molecule has 2 rings (SSSR count). The molecular weight excluding hydrogens is 492 g/mol. The van der Waals surface area contributed by atoms with E-state index in [2.05, 4.69) is 33.0 Å². The average Bonchev–Trinajstić information content (AvgIpc) is 2.80. The van der Waals surface area contributed by atoms with Crippen LogP contribution in [-0.4, -0.2) is 37.0 Å². The monoisotopic (exact) mass is 516 g/mol. The first-order valence-corrected chi connectivity index (χ1v) is 10.8. The third-order valence-electron chi connectivity index (χ3n) is 4.48. The quantitative estimate of drug-likeness (QED) is 0.278. The summed E-state index contributed by atoms with van der Waals surface area (Å²) in [7, 11) is 1.47. The minimum Gasteiger partial charge on any atom is -0.490 e. The van der Waals surface area contributed by atoms with Crippen LogP contribution in [0.15, 0.2) is 45.2 Å². The van der Waals surface area contributed by atoms with Crippen LogP contribution in [0.25, 0.3) is 0 Å². The SMILES string of the molecule is C=CCOc1ccc(C=NNC(=O)Cn2c(C)c(Br)c(COC)c(C#N)c2=O)cc1OCC. The van der Waals surface area contributed by atoms with Gasteiger partial charge in [-0.15, -0.1) is 0 Å². The molecule has 0 aliphatic rings. The molecule has 1 amide bonds. The van der Waals surface area contributed by atoms with Crippen molar-refractivity contribution in [2.45, 2.75) is 27.0 Å². The number of carbonyl (C=O) groups excluding carboxylic acids is 1. The minimum atomic E-state index is -0.569. The third-order valence-corrected chi connectivity index (χ3v) is 5.53. The molecule has 0 radical (unpaired) electrons. The number of halogens is 1. The molecule has 0 saturated heterocycles. The maximum absolute atomic E-state index is 12.7. The van der Waals surface area contributed by atoms with Crippen LogP contribution in [-0.2, 0) is 22.7 Å². The molecule has 0 saturated carbocycles. The van der Waals surface area contributed by atoms with E-state index in [1.165, 1.54) is 17.9 Å². The molecule has 1 aromatic heterocycles. The molecule has 9 nitrogen and oxygen atoms in total. The van der Waals surface area contributed by atoms with E-state index in [0.717, 1.165) is 0 Å². The van der Waals surface area contributed by atoms with E-state index in [1.54, 1.807) is 31.2 Å². The second-order valence-electron chi connectivity index (χ2n) is 6.72. The van der Waals surface area contributed by atoms with E-state index in [9.17, 15) is 14.9 Å². The van der Waals surface area contributed by atoms with Gasteiger partial charge in [0, 0.05) is 22.8 Å². The number of hydrazone groups is 1. The molecular formula is C23H25BrN4O5. The molecule has 2 aromatic rings. The van der Waals surface area contributed by atoms with E-state index in [1.807, 2.05) is 13.0 Å². The summed E-state index contributed by atoms with van der Waals surface area (Å²) < 4.78 is 18.0. The van der Waals surface area contributed by atoms with Crippen molar-refractivity contribution >= 4 is 28.1 Å². The zero-order valence-corrected chi connectivity index (χ0v) is 20.3. The van der Waals surface area contributed by atoms with Gasteiger partial charge in [0.05, 0.1) is 19.4 Å². The van der Waals surface area contributed by atoms with Crippen molar-refractivity contribution in [2.24, 2.45) is 5.10 Å². The van der Waals surface area contributed by atoms with Crippen molar-refractivity contribution < 1.29 is 19.0 Å². The normalized spacial score (nSPS) is 10.6. The van der Waals surface area contributed by atoms with Gasteiger partial charge in [-0.2, -0.15) is 10.4 Å². The summed E-state index contributed by atoms with van der Waals surface area (Å²) in [5.74, 6) is 0.591. The van der Waals surface area contributed by atoms with E-state index >= 15 is 0 Å². The highest BCUT2D eigenvalue weighted by Gasteiger charge is 2.19. The summed E-state index contributed by atoms with van der Waals surface area (Å²) >= 11 is 3.39. The lowest BCUT2D eigenvalue weighted by Crippen LogP contribution is -2.33. The molecule has 0 bridgehead atoms. The molecule has 0 aliphatic carbocycles. The lowest BCUT2D eigenvalue weighted by atomic mass is 10.1. The average molecular weight is 517 g/mol. The highest BCUT2D eigenvalue weighted by atomic mass is 79.9. The first-order valence-electron chi connectivity index (χ1n) is 10.0. The summed E-state index contributed by atoms with van der Waals surface area (Å²) in [6, 6.07) is 7.13. The van der Waals surface area contributed by atoms with Crippen molar-refractivity contribution in [3.8, 4) is 17.6 Å². The molecule has 0 atom stereocenters. The molecule has 0 fully saturated rings. The standard InChI is InChI=1S/C23H25BrN4O5/c1-5-9-33-19-8-7-16(10-20(19)32-6-2)12-26-27-21(29)13-28-15(3)22(24)18(14-31-4)17(11-25)23(28)30/h5,7-8,10,12H,1,6,9,13-14H2,2-4H3,(H,27,29). The van der Waals surface area contributed by atoms with Crippen molar-refractivity contribution in [1.82, 2.24) is 9.99 Å². The summed E-state index contributed by atoms with van der Waals surface area (Å²) in [5, 5.41) is 13.4. The summed E-state index contributed by atoms with van der Waals surface area (Å²) in [6.07, 6.45) is 3.09. The molecule has 0 unspecified atom stereocenters. The maximum Gasteiger partial charge on any atom is 0.269 e. The fourth-order valence-corrected chi connectivity index (χ4v) is 3.47. The second kappa shape index (κ2) is 12.6. The van der Waals surface area contributed by atoms with Gasteiger partial charge in [-0.05, 0) is 53.5 Å². The van der Waals surface area contributed by atoms with Crippen LogP contribution in [0.1, 0.15) is 29.3 Å². The van der Waals surface area contributed by atoms with Gasteiger partial charge >= 0.3 is 0 Å². The number of aromatic nitrogens is 1. The number of carbonyl (C=O) groups is 1. The van der Waals surface area contributed by atoms with Crippen molar-refractivity contribution in [3.63, 3.8) is 0 Å². The zero-order valence-electron chi connectivity index (χ0n) is 18.7. The van der Waals surface area contributed by atoms with Gasteiger partial charge < -0.3 is 18.8 Å². The number of nitrogens with zero attached hydrogens (tertiary/aromatic N) is 3. The van der Waals surface area contributed by atoms with Crippen molar-refractivity contribution in [3.05, 3.63) is 68.1 Å². The Morgan fingerprint density at radius 1 is 1.36 bits per heavy atom. The number of amides is 1. The lowest BCUT2D eigenvalue weighted by molar-refractivity contribution is -0.121. The third kappa shape index (κ3) is 6.54. The van der Waals surface area contributed by atoms with Gasteiger partial charge in [-0.25, -0.2) is 5.43 Å². The van der Waals surface area contributed by atoms with Crippen LogP contribution in [0, 0.1) is 18.3 Å². The first kappa shape index (κ1) is 25.8. The maximum atomic E-state index is 12.7. The minimum absolute atomic E-state index is 0.0761. The zero-order chi connectivity index (χ0) is 24.4. The van der Waals surface area contributed by atoms with E-state index in [4.69, 9.17) is 14.2 Å². The molecule has 1 N–H and O–H groups in total. The van der Waals surface area contributed by atoms with Gasteiger partial charge in [-0.3, -0.25) is 9.59 Å². The predicted molar refractivity (Wildman–Crippen MR) is 128 cm³/mol. The number of methoxy groups -OCH3 is 1. The fourth-order valence-electron chi connectivity index (χ4n) is 2.95. The molecule has 0 aliphatic heterocycles. The number of hydrogen-bond donors (Lipinski definition) is 1.